The highest BCUT2D eigenvalue weighted by molar-refractivity contribution is 7.98. The summed E-state index contributed by atoms with van der Waals surface area (Å²) in [7, 11) is 0. The summed E-state index contributed by atoms with van der Waals surface area (Å²) in [5.41, 5.74) is 7.21. The van der Waals surface area contributed by atoms with Crippen molar-refractivity contribution in [2.75, 3.05) is 17.7 Å². The van der Waals surface area contributed by atoms with Gasteiger partial charge in [-0.2, -0.15) is 11.8 Å². The molecule has 0 aliphatic rings. The third-order valence-electron chi connectivity index (χ3n) is 2.77. The van der Waals surface area contributed by atoms with Crippen molar-refractivity contribution in [3.05, 3.63) is 11.5 Å². The lowest BCUT2D eigenvalue weighted by atomic mass is 10.2. The van der Waals surface area contributed by atoms with E-state index in [0.717, 1.165) is 36.7 Å². The van der Waals surface area contributed by atoms with Gasteiger partial charge in [0.25, 0.3) is 0 Å². The molecule has 0 fully saturated rings. The van der Waals surface area contributed by atoms with Crippen LogP contribution in [0.3, 0.4) is 0 Å². The van der Waals surface area contributed by atoms with E-state index in [1.165, 1.54) is 18.6 Å². The van der Waals surface area contributed by atoms with Crippen LogP contribution in [0.1, 0.15) is 37.7 Å². The van der Waals surface area contributed by atoms with Crippen LogP contribution in [0.15, 0.2) is 0 Å². The molecule has 0 radical (unpaired) electrons. The summed E-state index contributed by atoms with van der Waals surface area (Å²) in [6.07, 6.45) is 6.67. The summed E-state index contributed by atoms with van der Waals surface area (Å²) in [6.45, 7) is 5.25. The van der Waals surface area contributed by atoms with E-state index in [1.54, 1.807) is 0 Å². The average molecular weight is 241 g/mol. The summed E-state index contributed by atoms with van der Waals surface area (Å²) >= 11 is 1.88. The number of nitrogens with zero attached hydrogens (tertiary/aromatic N) is 2. The summed E-state index contributed by atoms with van der Waals surface area (Å²) in [5.74, 6) is 3.12. The lowest BCUT2D eigenvalue weighted by Crippen LogP contribution is -2.05. The largest absolute Gasteiger partial charge is 0.384 e. The standard InChI is InChI=1S/C12H23N3S/c1-4-5-8-15-10(2)14-11(12(15)13)7-6-9-16-3/h4-9,13H2,1-3H3. The maximum atomic E-state index is 6.12. The molecule has 2 N–H and O–H groups in total. The molecular formula is C12H23N3S. The van der Waals surface area contributed by atoms with Crippen LogP contribution < -0.4 is 5.73 Å². The zero-order valence-electron chi connectivity index (χ0n) is 10.6. The van der Waals surface area contributed by atoms with Gasteiger partial charge in [0, 0.05) is 6.54 Å². The minimum atomic E-state index is 0.882. The average Bonchev–Trinajstić information content (AvgIpc) is 2.53. The Balaban J connectivity index is 2.64. The van der Waals surface area contributed by atoms with Crippen LogP contribution in [-0.2, 0) is 13.0 Å². The molecule has 0 unspecified atom stereocenters. The number of anilines is 1. The van der Waals surface area contributed by atoms with Crippen molar-refractivity contribution in [2.24, 2.45) is 0 Å². The molecule has 0 aromatic carbocycles. The van der Waals surface area contributed by atoms with E-state index in [1.807, 2.05) is 18.7 Å². The number of aryl methyl sites for hydroxylation is 2. The Morgan fingerprint density at radius 1 is 1.38 bits per heavy atom. The van der Waals surface area contributed by atoms with Crippen LogP contribution in [0.2, 0.25) is 0 Å². The Labute approximate surface area is 103 Å². The summed E-state index contributed by atoms with van der Waals surface area (Å²) in [6, 6.07) is 0. The van der Waals surface area contributed by atoms with E-state index in [4.69, 9.17) is 5.73 Å². The summed E-state index contributed by atoms with van der Waals surface area (Å²) < 4.78 is 2.15. The number of hydrogen-bond acceptors (Lipinski definition) is 3. The molecule has 16 heavy (non-hydrogen) atoms. The smallest absolute Gasteiger partial charge is 0.126 e. The van der Waals surface area contributed by atoms with Gasteiger partial charge in [-0.1, -0.05) is 13.3 Å². The van der Waals surface area contributed by atoms with Crippen LogP contribution in [0.25, 0.3) is 0 Å². The van der Waals surface area contributed by atoms with Crippen molar-refractivity contribution >= 4 is 17.6 Å². The van der Waals surface area contributed by atoms with Crippen LogP contribution in [0.4, 0.5) is 5.82 Å². The molecule has 0 bridgehead atoms. The number of imidazole rings is 1. The van der Waals surface area contributed by atoms with Crippen molar-refractivity contribution in [1.29, 1.82) is 0 Å². The topological polar surface area (TPSA) is 43.8 Å². The Morgan fingerprint density at radius 3 is 2.75 bits per heavy atom. The second-order valence-corrected chi connectivity index (χ2v) is 5.08. The molecule has 0 saturated carbocycles. The monoisotopic (exact) mass is 241 g/mol. The minimum Gasteiger partial charge on any atom is -0.384 e. The van der Waals surface area contributed by atoms with Crippen LogP contribution in [0, 0.1) is 6.92 Å². The van der Waals surface area contributed by atoms with Crippen molar-refractivity contribution < 1.29 is 0 Å². The summed E-state index contributed by atoms with van der Waals surface area (Å²) in [5, 5.41) is 0. The molecule has 0 spiro atoms. The minimum absolute atomic E-state index is 0.882. The first-order valence-electron chi connectivity index (χ1n) is 6.01. The molecule has 1 aromatic rings. The van der Waals surface area contributed by atoms with Gasteiger partial charge in [0.2, 0.25) is 0 Å². The Bertz CT molecular complexity index is 320. The highest BCUT2D eigenvalue weighted by Gasteiger charge is 2.10. The van der Waals surface area contributed by atoms with Gasteiger partial charge >= 0.3 is 0 Å². The predicted octanol–water partition coefficient (Wildman–Crippen LogP) is 2.87. The first kappa shape index (κ1) is 13.4. The van der Waals surface area contributed by atoms with Gasteiger partial charge < -0.3 is 10.3 Å². The van der Waals surface area contributed by atoms with Crippen molar-refractivity contribution in [3.8, 4) is 0 Å². The third-order valence-corrected chi connectivity index (χ3v) is 3.47. The van der Waals surface area contributed by atoms with Gasteiger partial charge in [-0.3, -0.25) is 0 Å². The van der Waals surface area contributed by atoms with E-state index in [2.05, 4.69) is 22.7 Å². The van der Waals surface area contributed by atoms with E-state index in [-0.39, 0.29) is 0 Å². The quantitative estimate of drug-likeness (QED) is 0.747. The molecule has 3 nitrogen and oxygen atoms in total. The Morgan fingerprint density at radius 2 is 2.12 bits per heavy atom. The van der Waals surface area contributed by atoms with Crippen molar-refractivity contribution in [3.63, 3.8) is 0 Å². The van der Waals surface area contributed by atoms with Gasteiger partial charge in [-0.25, -0.2) is 4.98 Å². The van der Waals surface area contributed by atoms with Crippen LogP contribution >= 0.6 is 11.8 Å². The lowest BCUT2D eigenvalue weighted by Gasteiger charge is -2.06. The van der Waals surface area contributed by atoms with Crippen LogP contribution in [0.5, 0.6) is 0 Å². The molecule has 0 atom stereocenters. The highest BCUT2D eigenvalue weighted by atomic mass is 32.2. The van der Waals surface area contributed by atoms with Crippen molar-refractivity contribution in [1.82, 2.24) is 9.55 Å². The summed E-state index contributed by atoms with van der Waals surface area (Å²) in [4.78, 5) is 4.56. The van der Waals surface area contributed by atoms with Gasteiger partial charge in [0.05, 0.1) is 5.69 Å². The maximum Gasteiger partial charge on any atom is 0.126 e. The molecule has 0 aliphatic heterocycles. The molecule has 4 heteroatoms. The molecule has 1 rings (SSSR count). The Kier molecular flexibility index (Phi) is 5.74. The fourth-order valence-corrected chi connectivity index (χ4v) is 2.24. The number of unbranched alkanes of at least 4 members (excludes halogenated alkanes) is 1. The lowest BCUT2D eigenvalue weighted by molar-refractivity contribution is 0.622. The van der Waals surface area contributed by atoms with E-state index < -0.39 is 0 Å². The van der Waals surface area contributed by atoms with E-state index >= 15 is 0 Å². The van der Waals surface area contributed by atoms with Gasteiger partial charge in [-0.15, -0.1) is 0 Å². The number of hydrogen-bond donors (Lipinski definition) is 1. The molecule has 0 saturated heterocycles. The molecule has 0 amide bonds. The van der Waals surface area contributed by atoms with E-state index in [9.17, 15) is 0 Å². The van der Waals surface area contributed by atoms with Gasteiger partial charge in [-0.05, 0) is 38.2 Å². The fraction of sp³-hybridized carbons (Fsp3) is 0.750. The first-order chi connectivity index (χ1) is 7.70. The van der Waals surface area contributed by atoms with Gasteiger partial charge in [0.1, 0.15) is 11.6 Å². The SMILES string of the molecule is CCCCn1c(C)nc(CCCSC)c1N. The first-order valence-corrected chi connectivity index (χ1v) is 7.40. The molecule has 1 heterocycles. The molecule has 1 aromatic heterocycles. The fourth-order valence-electron chi connectivity index (χ4n) is 1.81. The normalized spacial score (nSPS) is 10.9. The predicted molar refractivity (Wildman–Crippen MR) is 73.0 cm³/mol. The number of nitrogens with two attached hydrogens (primary N) is 1. The zero-order valence-corrected chi connectivity index (χ0v) is 11.4. The number of rotatable bonds is 7. The zero-order chi connectivity index (χ0) is 12.0. The van der Waals surface area contributed by atoms with Gasteiger partial charge in [0.15, 0.2) is 0 Å². The second kappa shape index (κ2) is 6.84. The number of aromatic nitrogens is 2. The third kappa shape index (κ3) is 3.44. The Hall–Kier alpha value is -0.640. The van der Waals surface area contributed by atoms with Crippen molar-refractivity contribution in [2.45, 2.75) is 46.1 Å². The maximum absolute atomic E-state index is 6.12. The molecular weight excluding hydrogens is 218 g/mol. The van der Waals surface area contributed by atoms with Crippen LogP contribution in [-0.4, -0.2) is 21.6 Å². The second-order valence-electron chi connectivity index (χ2n) is 4.09. The molecule has 0 aliphatic carbocycles. The van der Waals surface area contributed by atoms with E-state index in [0.29, 0.717) is 0 Å². The number of nitrogen functional groups attached to an aromatic ring is 1. The highest BCUT2D eigenvalue weighted by Crippen LogP contribution is 2.17. The number of thioether (sulfide) groups is 1. The molecule has 92 valence electrons.